The number of nitrogens with one attached hydrogen (secondary N) is 2. The van der Waals surface area contributed by atoms with Crippen LogP contribution in [0.1, 0.15) is 38.3 Å². The van der Waals surface area contributed by atoms with Gasteiger partial charge >= 0.3 is 6.03 Å². The molecule has 2 atom stereocenters. The summed E-state index contributed by atoms with van der Waals surface area (Å²) < 4.78 is 13.0. The number of hydrogen-bond acceptors (Lipinski definition) is 3. The molecule has 0 saturated carbocycles. The predicted octanol–water partition coefficient (Wildman–Crippen LogP) is 2.28. The highest BCUT2D eigenvalue weighted by atomic mass is 19.1. The molecule has 23 heavy (non-hydrogen) atoms. The lowest BCUT2D eigenvalue weighted by atomic mass is 9.97. The minimum atomic E-state index is -0.623. The Labute approximate surface area is 137 Å². The van der Waals surface area contributed by atoms with E-state index in [-0.39, 0.29) is 24.5 Å². The van der Waals surface area contributed by atoms with Gasteiger partial charge in [0.25, 0.3) is 0 Å². The molecule has 2 unspecified atom stereocenters. The maximum atomic E-state index is 13.0. The van der Waals surface area contributed by atoms with Crippen molar-refractivity contribution in [2.24, 2.45) is 0 Å². The fourth-order valence-electron chi connectivity index (χ4n) is 2.52. The van der Waals surface area contributed by atoms with Gasteiger partial charge in [0.05, 0.1) is 18.2 Å². The van der Waals surface area contributed by atoms with Crippen molar-refractivity contribution >= 4 is 6.03 Å². The highest BCUT2D eigenvalue weighted by Gasteiger charge is 2.25. The Bertz CT molecular complexity index is 493. The number of carbonyl (C=O) groups excluding carboxylic acids is 1. The van der Waals surface area contributed by atoms with E-state index in [0.717, 1.165) is 12.0 Å². The number of halogens is 1. The second-order valence-electron chi connectivity index (χ2n) is 6.33. The third-order valence-corrected chi connectivity index (χ3v) is 3.90. The minimum absolute atomic E-state index is 0.0621. The van der Waals surface area contributed by atoms with Crippen LogP contribution < -0.4 is 10.6 Å². The molecule has 1 aromatic rings. The average Bonchev–Trinajstić information content (AvgIpc) is 2.49. The first kappa shape index (κ1) is 19.4. The third-order valence-electron chi connectivity index (χ3n) is 3.90. The van der Waals surface area contributed by atoms with Crippen molar-refractivity contribution < 1.29 is 14.3 Å². The van der Waals surface area contributed by atoms with E-state index in [1.54, 1.807) is 12.1 Å². The van der Waals surface area contributed by atoms with Gasteiger partial charge in [0.2, 0.25) is 0 Å². The number of nitrogens with zero attached hydrogens (tertiary/aromatic N) is 1. The topological polar surface area (TPSA) is 64.6 Å². The first-order valence-corrected chi connectivity index (χ1v) is 7.90. The van der Waals surface area contributed by atoms with Crippen molar-refractivity contribution in [2.75, 3.05) is 27.2 Å². The van der Waals surface area contributed by atoms with Crippen molar-refractivity contribution in [3.63, 3.8) is 0 Å². The Kier molecular flexibility index (Phi) is 7.45. The standard InChI is InChI=1S/C17H28FN3O2/c1-5-10-17(2,12-22)20-16(23)19-11-15(21(3)4)13-6-8-14(18)9-7-13/h6-9,15,22H,5,10-12H2,1-4H3,(H2,19,20,23). The van der Waals surface area contributed by atoms with Gasteiger partial charge in [-0.3, -0.25) is 0 Å². The van der Waals surface area contributed by atoms with E-state index in [1.807, 2.05) is 32.8 Å². The van der Waals surface area contributed by atoms with E-state index in [0.29, 0.717) is 13.0 Å². The van der Waals surface area contributed by atoms with Gasteiger partial charge < -0.3 is 20.6 Å². The van der Waals surface area contributed by atoms with Gasteiger partial charge in [0.15, 0.2) is 0 Å². The van der Waals surface area contributed by atoms with Crippen LogP contribution in [0.15, 0.2) is 24.3 Å². The fourth-order valence-corrected chi connectivity index (χ4v) is 2.52. The molecule has 0 spiro atoms. The Morgan fingerprint density at radius 1 is 1.35 bits per heavy atom. The van der Waals surface area contributed by atoms with E-state index in [2.05, 4.69) is 10.6 Å². The molecule has 0 aromatic heterocycles. The van der Waals surface area contributed by atoms with Crippen molar-refractivity contribution in [3.05, 3.63) is 35.6 Å². The molecule has 0 bridgehead atoms. The molecule has 0 saturated heterocycles. The summed E-state index contributed by atoms with van der Waals surface area (Å²) in [5, 5.41) is 15.1. The molecule has 0 fully saturated rings. The number of carbonyl (C=O) groups is 1. The summed E-state index contributed by atoms with van der Waals surface area (Å²) in [6, 6.07) is 5.88. The van der Waals surface area contributed by atoms with Crippen LogP contribution in [0.25, 0.3) is 0 Å². The summed E-state index contributed by atoms with van der Waals surface area (Å²) in [5.41, 5.74) is 0.303. The third kappa shape index (κ3) is 6.15. The smallest absolute Gasteiger partial charge is 0.315 e. The second-order valence-corrected chi connectivity index (χ2v) is 6.33. The predicted molar refractivity (Wildman–Crippen MR) is 89.8 cm³/mol. The number of hydrogen-bond donors (Lipinski definition) is 3. The first-order valence-electron chi connectivity index (χ1n) is 7.90. The zero-order valence-electron chi connectivity index (χ0n) is 14.4. The van der Waals surface area contributed by atoms with Crippen molar-refractivity contribution in [2.45, 2.75) is 38.3 Å². The van der Waals surface area contributed by atoms with Crippen LogP contribution in [-0.2, 0) is 0 Å². The summed E-state index contributed by atoms with van der Waals surface area (Å²) >= 11 is 0. The Hall–Kier alpha value is -1.66. The van der Waals surface area contributed by atoms with Crippen LogP contribution in [0.5, 0.6) is 0 Å². The molecule has 0 aliphatic heterocycles. The quantitative estimate of drug-likeness (QED) is 0.687. The summed E-state index contributed by atoms with van der Waals surface area (Å²) in [5.74, 6) is -0.282. The van der Waals surface area contributed by atoms with Crippen molar-refractivity contribution in [3.8, 4) is 0 Å². The first-order chi connectivity index (χ1) is 10.8. The molecule has 0 aliphatic carbocycles. The van der Waals surface area contributed by atoms with Crippen LogP contribution in [0, 0.1) is 5.82 Å². The number of likely N-dealkylation sites (N-methyl/N-ethyl adjacent to an activating group) is 1. The molecule has 1 aromatic carbocycles. The Balaban J connectivity index is 2.65. The summed E-state index contributed by atoms with van der Waals surface area (Å²) in [6.07, 6.45) is 1.57. The zero-order chi connectivity index (χ0) is 17.5. The number of rotatable bonds is 8. The maximum Gasteiger partial charge on any atom is 0.315 e. The normalized spacial score (nSPS) is 15.1. The zero-order valence-corrected chi connectivity index (χ0v) is 14.4. The largest absolute Gasteiger partial charge is 0.394 e. The van der Waals surface area contributed by atoms with E-state index in [9.17, 15) is 14.3 Å². The van der Waals surface area contributed by atoms with Gasteiger partial charge in [-0.15, -0.1) is 0 Å². The van der Waals surface area contributed by atoms with Crippen molar-refractivity contribution in [1.29, 1.82) is 0 Å². The molecule has 0 heterocycles. The molecule has 0 radical (unpaired) electrons. The molecular weight excluding hydrogens is 297 g/mol. The van der Waals surface area contributed by atoms with Crippen LogP contribution in [0.4, 0.5) is 9.18 Å². The van der Waals surface area contributed by atoms with Crippen LogP contribution in [-0.4, -0.2) is 48.8 Å². The van der Waals surface area contributed by atoms with Crippen molar-refractivity contribution in [1.82, 2.24) is 15.5 Å². The van der Waals surface area contributed by atoms with Crippen LogP contribution in [0.2, 0.25) is 0 Å². The number of urea groups is 1. The van der Waals surface area contributed by atoms with Gasteiger partial charge in [-0.05, 0) is 45.1 Å². The Morgan fingerprint density at radius 2 is 1.96 bits per heavy atom. The maximum absolute atomic E-state index is 13.0. The van der Waals surface area contributed by atoms with Gasteiger partial charge in [-0.25, -0.2) is 9.18 Å². The van der Waals surface area contributed by atoms with Crippen LogP contribution >= 0.6 is 0 Å². The molecule has 1 rings (SSSR count). The molecular formula is C17H28FN3O2. The van der Waals surface area contributed by atoms with Gasteiger partial charge in [0.1, 0.15) is 5.82 Å². The molecule has 3 N–H and O–H groups in total. The fraction of sp³-hybridized carbons (Fsp3) is 0.588. The lowest BCUT2D eigenvalue weighted by Gasteiger charge is -2.30. The minimum Gasteiger partial charge on any atom is -0.394 e. The summed E-state index contributed by atoms with van der Waals surface area (Å²) in [4.78, 5) is 14.1. The lowest BCUT2D eigenvalue weighted by Crippen LogP contribution is -2.53. The number of amides is 2. The monoisotopic (exact) mass is 325 g/mol. The number of aliphatic hydroxyl groups is 1. The summed E-state index contributed by atoms with van der Waals surface area (Å²) in [6.45, 7) is 4.10. The molecule has 0 aliphatic rings. The van der Waals surface area contributed by atoms with E-state index < -0.39 is 5.54 Å². The van der Waals surface area contributed by atoms with E-state index in [4.69, 9.17) is 0 Å². The molecule has 2 amide bonds. The number of aliphatic hydroxyl groups excluding tert-OH is 1. The SMILES string of the molecule is CCCC(C)(CO)NC(=O)NCC(c1ccc(F)cc1)N(C)C. The second kappa shape index (κ2) is 8.84. The molecule has 130 valence electrons. The van der Waals surface area contributed by atoms with Gasteiger partial charge in [-0.2, -0.15) is 0 Å². The lowest BCUT2D eigenvalue weighted by molar-refractivity contribution is 0.162. The summed E-state index contributed by atoms with van der Waals surface area (Å²) in [7, 11) is 3.81. The highest BCUT2D eigenvalue weighted by Crippen LogP contribution is 2.18. The number of benzene rings is 1. The van der Waals surface area contributed by atoms with Crippen LogP contribution in [0.3, 0.4) is 0 Å². The van der Waals surface area contributed by atoms with Gasteiger partial charge in [-0.1, -0.05) is 25.5 Å². The molecule has 6 heteroatoms. The van der Waals surface area contributed by atoms with Gasteiger partial charge in [0, 0.05) is 6.54 Å². The molecule has 5 nitrogen and oxygen atoms in total. The average molecular weight is 325 g/mol. The van der Waals surface area contributed by atoms with E-state index >= 15 is 0 Å². The van der Waals surface area contributed by atoms with E-state index in [1.165, 1.54) is 12.1 Å². The Morgan fingerprint density at radius 3 is 2.43 bits per heavy atom. The highest BCUT2D eigenvalue weighted by molar-refractivity contribution is 5.74.